The van der Waals surface area contributed by atoms with Crippen LogP contribution in [0.3, 0.4) is 0 Å². The van der Waals surface area contributed by atoms with E-state index in [4.69, 9.17) is 4.74 Å². The molecular weight excluding hydrogens is 444 g/mol. The Labute approximate surface area is 183 Å². The number of halogens is 6. The number of nitrogens with zero attached hydrogens (tertiary/aromatic N) is 1. The summed E-state index contributed by atoms with van der Waals surface area (Å²) in [7, 11) is 0. The molecule has 0 spiro atoms. The average Bonchev–Trinajstić information content (AvgIpc) is 2.78. The molecule has 0 saturated heterocycles. The van der Waals surface area contributed by atoms with Gasteiger partial charge in [0.1, 0.15) is 11.5 Å². The van der Waals surface area contributed by atoms with Gasteiger partial charge in [0.05, 0.1) is 22.0 Å². The molecule has 2 heterocycles. The highest BCUT2D eigenvalue weighted by Gasteiger charge is 2.32. The van der Waals surface area contributed by atoms with E-state index in [1.165, 1.54) is 24.3 Å². The molecule has 5 rings (SSSR count). The van der Waals surface area contributed by atoms with Crippen LogP contribution in [0.2, 0.25) is 0 Å². The summed E-state index contributed by atoms with van der Waals surface area (Å²) < 4.78 is 84.5. The molecule has 0 amide bonds. The van der Waals surface area contributed by atoms with E-state index in [1.54, 1.807) is 30.5 Å². The number of rotatable bonds is 2. The lowest BCUT2D eigenvalue weighted by Crippen LogP contribution is -2.09. The van der Waals surface area contributed by atoms with Gasteiger partial charge in [-0.1, -0.05) is 36.4 Å². The molecule has 166 valence electrons. The molecule has 0 fully saturated rings. The quantitative estimate of drug-likeness (QED) is 0.290. The molecule has 1 aliphatic heterocycles. The second-order valence-electron chi connectivity index (χ2n) is 7.47. The third-order valence-corrected chi connectivity index (χ3v) is 5.41. The molecule has 4 aromatic rings. The molecule has 0 bridgehead atoms. The van der Waals surface area contributed by atoms with E-state index in [9.17, 15) is 26.3 Å². The minimum absolute atomic E-state index is 0.245. The summed E-state index contributed by atoms with van der Waals surface area (Å²) >= 11 is 0. The standard InChI is InChI=1S/C25H13F6NO/c26-24(27,28)16-8-4-14(5-9-16)21-18-2-1-3-19-22(18)20(12-13-32-19)33-23(21)15-6-10-17(11-7-15)25(29,30)31/h1-13H. The van der Waals surface area contributed by atoms with E-state index < -0.39 is 23.5 Å². The van der Waals surface area contributed by atoms with Crippen LogP contribution in [-0.2, 0) is 12.4 Å². The lowest BCUT2D eigenvalue weighted by Gasteiger charge is -2.25. The van der Waals surface area contributed by atoms with Crippen LogP contribution in [0.5, 0.6) is 5.75 Å². The molecular formula is C25H13F6NO. The van der Waals surface area contributed by atoms with Crippen LogP contribution in [0.4, 0.5) is 26.3 Å². The molecule has 2 nitrogen and oxygen atoms in total. The number of benzene rings is 3. The Balaban J connectivity index is 1.75. The molecule has 1 aromatic heterocycles. The molecule has 33 heavy (non-hydrogen) atoms. The third kappa shape index (κ3) is 3.71. The predicted molar refractivity (Wildman–Crippen MR) is 111 cm³/mol. The van der Waals surface area contributed by atoms with Gasteiger partial charge < -0.3 is 4.74 Å². The first-order chi connectivity index (χ1) is 15.6. The highest BCUT2D eigenvalue weighted by atomic mass is 19.4. The van der Waals surface area contributed by atoms with Gasteiger partial charge in [0.15, 0.2) is 0 Å². The zero-order valence-corrected chi connectivity index (χ0v) is 16.6. The van der Waals surface area contributed by atoms with Gasteiger partial charge >= 0.3 is 12.4 Å². The first-order valence-corrected chi connectivity index (χ1v) is 9.78. The fraction of sp³-hybridized carbons (Fsp3) is 0.0800. The fourth-order valence-corrected chi connectivity index (χ4v) is 3.88. The van der Waals surface area contributed by atoms with Crippen LogP contribution < -0.4 is 4.74 Å². The maximum Gasteiger partial charge on any atom is 0.416 e. The predicted octanol–water partition coefficient (Wildman–Crippen LogP) is 7.58. The Morgan fingerprint density at radius 2 is 1.21 bits per heavy atom. The monoisotopic (exact) mass is 457 g/mol. The van der Waals surface area contributed by atoms with E-state index >= 15 is 0 Å². The first-order valence-electron chi connectivity index (χ1n) is 9.78. The molecule has 0 saturated carbocycles. The summed E-state index contributed by atoms with van der Waals surface area (Å²) in [6, 6.07) is 16.0. The van der Waals surface area contributed by atoms with E-state index in [-0.39, 0.29) is 5.76 Å². The summed E-state index contributed by atoms with van der Waals surface area (Å²) in [6.45, 7) is 0. The summed E-state index contributed by atoms with van der Waals surface area (Å²) in [5, 5.41) is 0.672. The van der Waals surface area contributed by atoms with Crippen molar-refractivity contribution in [2.45, 2.75) is 12.4 Å². The minimum atomic E-state index is -4.50. The Morgan fingerprint density at radius 1 is 0.636 bits per heavy atom. The van der Waals surface area contributed by atoms with Gasteiger partial charge in [0.25, 0.3) is 0 Å². The second-order valence-corrected chi connectivity index (χ2v) is 7.47. The molecule has 3 aromatic carbocycles. The van der Waals surface area contributed by atoms with Crippen molar-refractivity contribution in [3.63, 3.8) is 0 Å². The normalized spacial score (nSPS) is 13.9. The maximum absolute atomic E-state index is 13.1. The molecule has 0 N–H and O–H groups in total. The largest absolute Gasteiger partial charge is 0.455 e. The van der Waals surface area contributed by atoms with Gasteiger partial charge in [-0.05, 0) is 47.5 Å². The number of hydrogen-bond acceptors (Lipinski definition) is 2. The van der Waals surface area contributed by atoms with Crippen LogP contribution in [0.1, 0.15) is 27.8 Å². The van der Waals surface area contributed by atoms with Crippen molar-refractivity contribution < 1.29 is 31.1 Å². The van der Waals surface area contributed by atoms with Crippen molar-refractivity contribution in [1.29, 1.82) is 0 Å². The number of hydrogen-bond donors (Lipinski definition) is 0. The van der Waals surface area contributed by atoms with Crippen molar-refractivity contribution in [2.24, 2.45) is 0 Å². The molecule has 1 aliphatic rings. The van der Waals surface area contributed by atoms with E-state index in [0.29, 0.717) is 38.9 Å². The zero-order chi connectivity index (χ0) is 23.4. The molecule has 0 atom stereocenters. The van der Waals surface area contributed by atoms with Gasteiger partial charge in [-0.3, -0.25) is 4.98 Å². The highest BCUT2D eigenvalue weighted by molar-refractivity contribution is 6.09. The maximum atomic E-state index is 13.1. The average molecular weight is 457 g/mol. The third-order valence-electron chi connectivity index (χ3n) is 5.41. The van der Waals surface area contributed by atoms with Crippen molar-refractivity contribution in [2.75, 3.05) is 0 Å². The molecule has 8 heteroatoms. The highest BCUT2D eigenvalue weighted by Crippen LogP contribution is 2.45. The van der Waals surface area contributed by atoms with Crippen LogP contribution in [-0.4, -0.2) is 4.98 Å². The Hall–Kier alpha value is -3.81. The van der Waals surface area contributed by atoms with Gasteiger partial charge in [0, 0.05) is 17.3 Å². The number of pyridine rings is 1. The van der Waals surface area contributed by atoms with E-state index in [0.717, 1.165) is 24.3 Å². The number of aromatic nitrogens is 1. The van der Waals surface area contributed by atoms with Crippen LogP contribution in [0, 0.1) is 0 Å². The van der Waals surface area contributed by atoms with Gasteiger partial charge in [0.2, 0.25) is 0 Å². The lowest BCUT2D eigenvalue weighted by atomic mass is 9.89. The van der Waals surface area contributed by atoms with E-state index in [1.807, 2.05) is 0 Å². The fourth-order valence-electron chi connectivity index (χ4n) is 3.88. The Morgan fingerprint density at radius 3 is 1.79 bits per heavy atom. The van der Waals surface area contributed by atoms with Crippen LogP contribution in [0.25, 0.3) is 22.2 Å². The Bertz CT molecular complexity index is 1380. The summed E-state index contributed by atoms with van der Waals surface area (Å²) in [5.74, 6) is 0.704. The summed E-state index contributed by atoms with van der Waals surface area (Å²) in [5.41, 5.74) is 0.926. The van der Waals surface area contributed by atoms with Crippen LogP contribution >= 0.6 is 0 Å². The molecule has 0 radical (unpaired) electrons. The van der Waals surface area contributed by atoms with Crippen molar-refractivity contribution in [3.8, 4) is 5.75 Å². The zero-order valence-electron chi connectivity index (χ0n) is 16.6. The van der Waals surface area contributed by atoms with Gasteiger partial charge in [-0.2, -0.15) is 26.3 Å². The topological polar surface area (TPSA) is 22.1 Å². The van der Waals surface area contributed by atoms with Crippen molar-refractivity contribution >= 4 is 22.2 Å². The van der Waals surface area contributed by atoms with E-state index in [2.05, 4.69) is 4.98 Å². The molecule has 0 aliphatic carbocycles. The van der Waals surface area contributed by atoms with Crippen molar-refractivity contribution in [1.82, 2.24) is 4.98 Å². The van der Waals surface area contributed by atoms with Crippen molar-refractivity contribution in [3.05, 3.63) is 107 Å². The summed E-state index contributed by atoms with van der Waals surface area (Å²) in [4.78, 5) is 4.32. The van der Waals surface area contributed by atoms with Gasteiger partial charge in [-0.15, -0.1) is 0 Å². The Kier molecular flexibility index (Phi) is 4.70. The second kappa shape index (κ2) is 7.37. The SMILES string of the molecule is FC(F)(F)c1ccc(C2=C(c3ccc(C(F)(F)F)cc3)c3cccc4nccc(c34)O2)cc1. The minimum Gasteiger partial charge on any atom is -0.455 e. The lowest BCUT2D eigenvalue weighted by molar-refractivity contribution is -0.138. The van der Waals surface area contributed by atoms with Gasteiger partial charge in [-0.25, -0.2) is 0 Å². The number of alkyl halides is 6. The summed E-state index contributed by atoms with van der Waals surface area (Å²) in [6.07, 6.45) is -7.45. The smallest absolute Gasteiger partial charge is 0.416 e. The van der Waals surface area contributed by atoms with Crippen LogP contribution in [0.15, 0.2) is 79.0 Å². The number of ether oxygens (including phenoxy) is 1. The molecule has 0 unspecified atom stereocenters. The first kappa shape index (κ1) is 21.1.